The lowest BCUT2D eigenvalue weighted by atomic mass is 10.0. The van der Waals surface area contributed by atoms with Crippen molar-refractivity contribution in [2.24, 2.45) is 7.05 Å². The van der Waals surface area contributed by atoms with Gasteiger partial charge in [-0.1, -0.05) is 0 Å². The summed E-state index contributed by atoms with van der Waals surface area (Å²) in [4.78, 5) is 4.52. The highest BCUT2D eigenvalue weighted by Crippen LogP contribution is 2.20. The monoisotopic (exact) mass is 230 g/mol. The molecule has 0 unspecified atom stereocenters. The first kappa shape index (κ1) is 10.6. The first-order chi connectivity index (χ1) is 8.34. The van der Waals surface area contributed by atoms with Gasteiger partial charge >= 0.3 is 0 Å². The average molecular weight is 230 g/mol. The number of fused-ring (bicyclic) bond motifs is 1. The molecule has 1 aliphatic carbocycles. The molecule has 4 nitrogen and oxygen atoms in total. The summed E-state index contributed by atoms with van der Waals surface area (Å²) in [5.41, 5.74) is 4.06. The minimum absolute atomic E-state index is 1.02. The van der Waals surface area contributed by atoms with Crippen LogP contribution in [0.5, 0.6) is 0 Å². The van der Waals surface area contributed by atoms with E-state index in [-0.39, 0.29) is 0 Å². The lowest BCUT2D eigenvalue weighted by Gasteiger charge is -2.13. The standard InChI is InChI=1S/C13H18N4/c1-16-11(6-8-15-16)7-9-17-10-14-12-4-2-3-5-13(12)17/h6,8,10H,2-5,7,9H2,1H3. The van der Waals surface area contributed by atoms with Crippen molar-refractivity contribution in [1.82, 2.24) is 19.3 Å². The highest BCUT2D eigenvalue weighted by Gasteiger charge is 2.14. The van der Waals surface area contributed by atoms with Crippen molar-refractivity contribution in [3.05, 3.63) is 35.7 Å². The van der Waals surface area contributed by atoms with Gasteiger partial charge in [-0.25, -0.2) is 4.98 Å². The largest absolute Gasteiger partial charge is 0.334 e. The van der Waals surface area contributed by atoms with Crippen LogP contribution in [-0.4, -0.2) is 19.3 Å². The zero-order valence-corrected chi connectivity index (χ0v) is 10.3. The van der Waals surface area contributed by atoms with Gasteiger partial charge in [-0.2, -0.15) is 5.10 Å². The van der Waals surface area contributed by atoms with Gasteiger partial charge in [0.15, 0.2) is 0 Å². The van der Waals surface area contributed by atoms with Crippen molar-refractivity contribution in [2.75, 3.05) is 0 Å². The SMILES string of the molecule is Cn1nccc1CCn1cnc2c1CCCC2. The molecule has 0 fully saturated rings. The summed E-state index contributed by atoms with van der Waals surface area (Å²) in [6.45, 7) is 1.02. The van der Waals surface area contributed by atoms with E-state index in [1.165, 1.54) is 36.3 Å². The maximum Gasteiger partial charge on any atom is 0.0951 e. The summed E-state index contributed by atoms with van der Waals surface area (Å²) in [6, 6.07) is 2.09. The maximum atomic E-state index is 4.52. The Balaban J connectivity index is 1.73. The van der Waals surface area contributed by atoms with Crippen molar-refractivity contribution in [2.45, 2.75) is 38.6 Å². The van der Waals surface area contributed by atoms with Crippen molar-refractivity contribution >= 4 is 0 Å². The highest BCUT2D eigenvalue weighted by molar-refractivity contribution is 5.16. The molecule has 1 aliphatic rings. The summed E-state index contributed by atoms with van der Waals surface area (Å²) in [5.74, 6) is 0. The molecule has 0 saturated carbocycles. The van der Waals surface area contributed by atoms with Gasteiger partial charge in [0.1, 0.15) is 0 Å². The van der Waals surface area contributed by atoms with Gasteiger partial charge in [-0.15, -0.1) is 0 Å². The molecule has 0 spiro atoms. The second-order valence-electron chi connectivity index (χ2n) is 4.73. The summed E-state index contributed by atoms with van der Waals surface area (Å²) in [6.07, 6.45) is 9.86. The van der Waals surface area contributed by atoms with Crippen LogP contribution in [0.1, 0.15) is 29.9 Å². The minimum Gasteiger partial charge on any atom is -0.334 e. The van der Waals surface area contributed by atoms with Crippen LogP contribution in [0.15, 0.2) is 18.6 Å². The second kappa shape index (κ2) is 4.35. The Bertz CT molecular complexity index is 509. The van der Waals surface area contributed by atoms with E-state index in [9.17, 15) is 0 Å². The van der Waals surface area contributed by atoms with E-state index < -0.39 is 0 Å². The van der Waals surface area contributed by atoms with Gasteiger partial charge in [0.05, 0.1) is 12.0 Å². The topological polar surface area (TPSA) is 35.6 Å². The van der Waals surface area contributed by atoms with E-state index in [1.807, 2.05) is 24.3 Å². The third-order valence-electron chi connectivity index (χ3n) is 3.64. The van der Waals surface area contributed by atoms with E-state index in [4.69, 9.17) is 0 Å². The van der Waals surface area contributed by atoms with Crippen LogP contribution in [0.25, 0.3) is 0 Å². The fourth-order valence-corrected chi connectivity index (χ4v) is 2.61. The molecule has 0 saturated heterocycles. The molecule has 2 aromatic heterocycles. The molecule has 0 atom stereocenters. The third-order valence-corrected chi connectivity index (χ3v) is 3.64. The Hall–Kier alpha value is -1.58. The molecule has 0 aromatic carbocycles. The first-order valence-electron chi connectivity index (χ1n) is 6.34. The fraction of sp³-hybridized carbons (Fsp3) is 0.538. The van der Waals surface area contributed by atoms with E-state index in [2.05, 4.69) is 20.7 Å². The predicted octanol–water partition coefficient (Wildman–Crippen LogP) is 1.74. The smallest absolute Gasteiger partial charge is 0.0951 e. The number of nitrogens with zero attached hydrogens (tertiary/aromatic N) is 4. The van der Waals surface area contributed by atoms with Gasteiger partial charge in [-0.05, 0) is 31.7 Å². The van der Waals surface area contributed by atoms with Crippen molar-refractivity contribution in [1.29, 1.82) is 0 Å². The zero-order valence-electron chi connectivity index (χ0n) is 10.3. The second-order valence-corrected chi connectivity index (χ2v) is 4.73. The number of rotatable bonds is 3. The molecular formula is C13H18N4. The van der Waals surface area contributed by atoms with E-state index >= 15 is 0 Å². The van der Waals surface area contributed by atoms with Gasteiger partial charge in [0.2, 0.25) is 0 Å². The van der Waals surface area contributed by atoms with Crippen LogP contribution < -0.4 is 0 Å². The molecule has 0 aliphatic heterocycles. The molecular weight excluding hydrogens is 212 g/mol. The molecule has 2 aromatic rings. The molecule has 0 N–H and O–H groups in total. The molecule has 0 bridgehead atoms. The lowest BCUT2D eigenvalue weighted by molar-refractivity contribution is 0.586. The van der Waals surface area contributed by atoms with Crippen LogP contribution in [0, 0.1) is 0 Å². The Kier molecular flexibility index (Phi) is 2.71. The quantitative estimate of drug-likeness (QED) is 0.805. The van der Waals surface area contributed by atoms with Crippen molar-refractivity contribution in [3.8, 4) is 0 Å². The summed E-state index contributed by atoms with van der Waals surface area (Å²) >= 11 is 0. The fourth-order valence-electron chi connectivity index (χ4n) is 2.61. The lowest BCUT2D eigenvalue weighted by Crippen LogP contribution is -2.10. The van der Waals surface area contributed by atoms with Crippen LogP contribution >= 0.6 is 0 Å². The van der Waals surface area contributed by atoms with Crippen LogP contribution in [-0.2, 0) is 32.9 Å². The van der Waals surface area contributed by atoms with Crippen LogP contribution in [0.3, 0.4) is 0 Å². The summed E-state index contributed by atoms with van der Waals surface area (Å²) in [5, 5.41) is 4.20. The molecule has 90 valence electrons. The van der Waals surface area contributed by atoms with Crippen molar-refractivity contribution in [3.63, 3.8) is 0 Å². The number of hydrogen-bond acceptors (Lipinski definition) is 2. The van der Waals surface area contributed by atoms with E-state index in [0.717, 1.165) is 19.4 Å². The molecule has 0 radical (unpaired) electrons. The Morgan fingerprint density at radius 3 is 3.00 bits per heavy atom. The molecule has 0 amide bonds. The Morgan fingerprint density at radius 2 is 2.18 bits per heavy atom. The van der Waals surface area contributed by atoms with Gasteiger partial charge in [0, 0.05) is 37.6 Å². The number of imidazole rings is 1. The zero-order chi connectivity index (χ0) is 11.7. The summed E-state index contributed by atoms with van der Waals surface area (Å²) < 4.78 is 4.27. The highest BCUT2D eigenvalue weighted by atomic mass is 15.3. The Labute approximate surface area is 101 Å². The first-order valence-corrected chi connectivity index (χ1v) is 6.34. The normalized spacial score (nSPS) is 14.9. The molecule has 2 heterocycles. The maximum absolute atomic E-state index is 4.52. The van der Waals surface area contributed by atoms with Gasteiger partial charge in [0.25, 0.3) is 0 Å². The summed E-state index contributed by atoms with van der Waals surface area (Å²) in [7, 11) is 2.00. The molecule has 17 heavy (non-hydrogen) atoms. The third kappa shape index (κ3) is 1.99. The van der Waals surface area contributed by atoms with E-state index in [0.29, 0.717) is 0 Å². The number of hydrogen-bond donors (Lipinski definition) is 0. The Morgan fingerprint density at radius 1 is 1.29 bits per heavy atom. The van der Waals surface area contributed by atoms with Crippen LogP contribution in [0.2, 0.25) is 0 Å². The molecule has 4 heteroatoms. The van der Waals surface area contributed by atoms with Crippen LogP contribution in [0.4, 0.5) is 0 Å². The molecule has 3 rings (SSSR count). The van der Waals surface area contributed by atoms with E-state index in [1.54, 1.807) is 0 Å². The number of aryl methyl sites for hydroxylation is 4. The van der Waals surface area contributed by atoms with Gasteiger partial charge < -0.3 is 4.57 Å². The predicted molar refractivity (Wildman–Crippen MR) is 65.8 cm³/mol. The minimum atomic E-state index is 1.02. The van der Waals surface area contributed by atoms with Gasteiger partial charge in [-0.3, -0.25) is 4.68 Å². The number of aromatic nitrogens is 4. The average Bonchev–Trinajstić information content (AvgIpc) is 2.93. The van der Waals surface area contributed by atoms with Crippen molar-refractivity contribution < 1.29 is 0 Å².